The summed E-state index contributed by atoms with van der Waals surface area (Å²) in [5, 5.41) is 20.5. The Morgan fingerprint density at radius 2 is 2.05 bits per heavy atom. The zero-order valence-electron chi connectivity index (χ0n) is 11.0. The third-order valence-corrected chi connectivity index (χ3v) is 3.25. The fraction of sp³-hybridized carbons (Fsp3) is 0.462. The molecule has 1 N–H and O–H groups in total. The summed E-state index contributed by atoms with van der Waals surface area (Å²) in [7, 11) is 0. The average Bonchev–Trinajstić information content (AvgIpc) is 2.24. The maximum absolute atomic E-state index is 11.3. The molecular formula is C13H16ClNO4. The molecule has 104 valence electrons. The lowest BCUT2D eigenvalue weighted by atomic mass is 9.77. The number of rotatable bonds is 4. The van der Waals surface area contributed by atoms with Crippen molar-refractivity contribution >= 4 is 23.3 Å². The van der Waals surface area contributed by atoms with Gasteiger partial charge in [0, 0.05) is 16.7 Å². The van der Waals surface area contributed by atoms with Crippen molar-refractivity contribution in [3.63, 3.8) is 0 Å². The van der Waals surface area contributed by atoms with Gasteiger partial charge in [0.05, 0.1) is 10.8 Å². The van der Waals surface area contributed by atoms with E-state index in [1.54, 1.807) is 20.8 Å². The van der Waals surface area contributed by atoms with Crippen LogP contribution in [0.1, 0.15) is 26.3 Å². The fourth-order valence-electron chi connectivity index (χ4n) is 1.86. The molecule has 1 rings (SSSR count). The van der Waals surface area contributed by atoms with Crippen LogP contribution >= 0.6 is 11.6 Å². The minimum absolute atomic E-state index is 0.103. The summed E-state index contributed by atoms with van der Waals surface area (Å²) in [6.45, 7) is 5.40. The van der Waals surface area contributed by atoms with E-state index in [9.17, 15) is 20.0 Å². The molecule has 19 heavy (non-hydrogen) atoms. The minimum atomic E-state index is -0.961. The smallest absolute Gasteiger partial charge is 0.307 e. The van der Waals surface area contributed by atoms with Gasteiger partial charge in [0.25, 0.3) is 5.69 Å². The highest BCUT2D eigenvalue weighted by Crippen LogP contribution is 2.33. The molecule has 6 heteroatoms. The highest BCUT2D eigenvalue weighted by atomic mass is 35.5. The van der Waals surface area contributed by atoms with E-state index in [-0.39, 0.29) is 17.1 Å². The molecule has 0 radical (unpaired) electrons. The normalized spacial score (nSPS) is 13.1. The van der Waals surface area contributed by atoms with E-state index >= 15 is 0 Å². The molecule has 1 aromatic rings. The fourth-order valence-corrected chi connectivity index (χ4v) is 2.03. The average molecular weight is 286 g/mol. The van der Waals surface area contributed by atoms with Gasteiger partial charge in [-0.05, 0) is 17.9 Å². The largest absolute Gasteiger partial charge is 0.481 e. The van der Waals surface area contributed by atoms with E-state index in [0.29, 0.717) is 5.56 Å². The van der Waals surface area contributed by atoms with Crippen LogP contribution in [0.25, 0.3) is 0 Å². The molecule has 0 amide bonds. The van der Waals surface area contributed by atoms with E-state index in [0.717, 1.165) is 0 Å². The number of carboxylic acids is 1. The van der Waals surface area contributed by atoms with Crippen LogP contribution < -0.4 is 0 Å². The number of nitrogens with zero attached hydrogens (tertiary/aromatic N) is 1. The molecule has 0 spiro atoms. The van der Waals surface area contributed by atoms with Crippen molar-refractivity contribution in [2.45, 2.75) is 27.2 Å². The van der Waals surface area contributed by atoms with Gasteiger partial charge >= 0.3 is 5.97 Å². The maximum Gasteiger partial charge on any atom is 0.307 e. The third kappa shape index (κ3) is 3.92. The van der Waals surface area contributed by atoms with Gasteiger partial charge in [-0.2, -0.15) is 0 Å². The molecule has 1 aromatic carbocycles. The number of hydrogen-bond donors (Lipinski definition) is 1. The lowest BCUT2D eigenvalue weighted by molar-refractivity contribution is -0.385. The van der Waals surface area contributed by atoms with Crippen LogP contribution in [0.3, 0.4) is 0 Å². The quantitative estimate of drug-likeness (QED) is 0.678. The molecular weight excluding hydrogens is 270 g/mol. The Morgan fingerprint density at radius 1 is 1.47 bits per heavy atom. The van der Waals surface area contributed by atoms with Crippen molar-refractivity contribution in [2.24, 2.45) is 11.3 Å². The molecule has 1 atom stereocenters. The number of carbonyl (C=O) groups is 1. The van der Waals surface area contributed by atoms with E-state index in [1.165, 1.54) is 18.2 Å². The van der Waals surface area contributed by atoms with Gasteiger partial charge in [0.15, 0.2) is 0 Å². The highest BCUT2D eigenvalue weighted by Gasteiger charge is 2.33. The van der Waals surface area contributed by atoms with Gasteiger partial charge in [0.1, 0.15) is 0 Å². The zero-order valence-corrected chi connectivity index (χ0v) is 11.8. The van der Waals surface area contributed by atoms with Gasteiger partial charge in [-0.1, -0.05) is 38.4 Å². The van der Waals surface area contributed by atoms with E-state index in [1.807, 2.05) is 0 Å². The second-order valence-electron chi connectivity index (χ2n) is 5.49. The van der Waals surface area contributed by atoms with Crippen LogP contribution in [-0.2, 0) is 11.2 Å². The third-order valence-electron chi connectivity index (χ3n) is 3.01. The van der Waals surface area contributed by atoms with Crippen molar-refractivity contribution in [3.8, 4) is 0 Å². The van der Waals surface area contributed by atoms with Crippen LogP contribution in [0.4, 0.5) is 5.69 Å². The van der Waals surface area contributed by atoms with Crippen LogP contribution in [0.15, 0.2) is 18.2 Å². The van der Waals surface area contributed by atoms with Crippen LogP contribution in [0.2, 0.25) is 5.02 Å². The Kier molecular flexibility index (Phi) is 4.52. The molecule has 1 unspecified atom stereocenters. The predicted molar refractivity (Wildman–Crippen MR) is 72.4 cm³/mol. The molecule has 0 saturated carbocycles. The Balaban J connectivity index is 3.17. The lowest BCUT2D eigenvalue weighted by Crippen LogP contribution is -2.30. The second kappa shape index (κ2) is 5.57. The highest BCUT2D eigenvalue weighted by molar-refractivity contribution is 6.30. The zero-order chi connectivity index (χ0) is 14.8. The number of benzene rings is 1. The summed E-state index contributed by atoms with van der Waals surface area (Å²) in [5.74, 6) is -1.66. The second-order valence-corrected chi connectivity index (χ2v) is 5.93. The molecule has 0 saturated heterocycles. The van der Waals surface area contributed by atoms with Gasteiger partial charge in [-0.25, -0.2) is 0 Å². The molecule has 5 nitrogen and oxygen atoms in total. The van der Waals surface area contributed by atoms with Gasteiger partial charge in [-0.15, -0.1) is 0 Å². The first-order valence-corrected chi connectivity index (χ1v) is 6.16. The van der Waals surface area contributed by atoms with Crippen molar-refractivity contribution in [1.29, 1.82) is 0 Å². The number of aliphatic carboxylic acids is 1. The van der Waals surface area contributed by atoms with E-state index < -0.39 is 22.2 Å². The van der Waals surface area contributed by atoms with Crippen LogP contribution in [0, 0.1) is 21.4 Å². The molecule has 0 aliphatic rings. The van der Waals surface area contributed by atoms with E-state index in [4.69, 9.17) is 11.6 Å². The molecule has 0 heterocycles. The topological polar surface area (TPSA) is 80.4 Å². The van der Waals surface area contributed by atoms with Gasteiger partial charge < -0.3 is 5.11 Å². The predicted octanol–water partition coefficient (Wildman–Crippen LogP) is 3.54. The summed E-state index contributed by atoms with van der Waals surface area (Å²) >= 11 is 5.73. The number of nitro benzene ring substituents is 1. The molecule has 0 aliphatic heterocycles. The maximum atomic E-state index is 11.3. The lowest BCUT2D eigenvalue weighted by Gasteiger charge is -2.26. The monoisotopic (exact) mass is 285 g/mol. The summed E-state index contributed by atoms with van der Waals surface area (Å²) in [6.07, 6.45) is 0.103. The van der Waals surface area contributed by atoms with Crippen molar-refractivity contribution in [3.05, 3.63) is 38.9 Å². The SMILES string of the molecule is CC(C)(C)C(Cc1ccc(Cl)cc1[N+](=O)[O-])C(=O)O. The van der Waals surface area contributed by atoms with Crippen LogP contribution in [-0.4, -0.2) is 16.0 Å². The Labute approximate surface area is 116 Å². The first kappa shape index (κ1) is 15.4. The van der Waals surface area contributed by atoms with E-state index in [2.05, 4.69) is 0 Å². The first-order valence-electron chi connectivity index (χ1n) is 5.78. The Hall–Kier alpha value is -1.62. The minimum Gasteiger partial charge on any atom is -0.481 e. The summed E-state index contributed by atoms with van der Waals surface area (Å²) in [4.78, 5) is 21.7. The summed E-state index contributed by atoms with van der Waals surface area (Å²) in [5.41, 5.74) is -0.237. The first-order chi connectivity index (χ1) is 8.62. The number of hydrogen-bond acceptors (Lipinski definition) is 3. The van der Waals surface area contributed by atoms with Gasteiger partial charge in [0.2, 0.25) is 0 Å². The standard InChI is InChI=1S/C13H16ClNO4/c1-13(2,3)10(12(16)17)6-8-4-5-9(14)7-11(8)15(18)19/h4-5,7,10H,6H2,1-3H3,(H,16,17). The number of nitro groups is 1. The van der Waals surface area contributed by atoms with Crippen molar-refractivity contribution < 1.29 is 14.8 Å². The van der Waals surface area contributed by atoms with Crippen molar-refractivity contribution in [2.75, 3.05) is 0 Å². The summed E-state index contributed by atoms with van der Waals surface area (Å²) in [6, 6.07) is 4.30. The Bertz CT molecular complexity index is 508. The Morgan fingerprint density at radius 3 is 2.47 bits per heavy atom. The molecule has 0 bridgehead atoms. The number of halogens is 1. The summed E-state index contributed by atoms with van der Waals surface area (Å²) < 4.78 is 0. The molecule has 0 aromatic heterocycles. The van der Waals surface area contributed by atoms with Crippen LogP contribution in [0.5, 0.6) is 0 Å². The van der Waals surface area contributed by atoms with Gasteiger partial charge in [-0.3, -0.25) is 14.9 Å². The molecule has 0 aliphatic carbocycles. The molecule has 0 fully saturated rings. The number of carboxylic acid groups (broad SMARTS) is 1. The van der Waals surface area contributed by atoms with Crippen molar-refractivity contribution in [1.82, 2.24) is 0 Å².